The Bertz CT molecular complexity index is 3260. The van der Waals surface area contributed by atoms with Crippen LogP contribution in [-0.2, 0) is 0 Å². The van der Waals surface area contributed by atoms with Crippen LogP contribution in [0.25, 0.3) is 111 Å². The van der Waals surface area contributed by atoms with E-state index in [0.717, 1.165) is 66.4 Å². The third-order valence-corrected chi connectivity index (χ3v) is 11.0. The minimum absolute atomic E-state index is 0.629. The lowest BCUT2D eigenvalue weighted by Gasteiger charge is -2.12. The Morgan fingerprint density at radius 3 is 1.39 bits per heavy atom. The van der Waals surface area contributed by atoms with Crippen LogP contribution in [0.3, 0.4) is 0 Å². The molecule has 0 spiro atoms. The number of benzene rings is 9. The molecule has 0 saturated carbocycles. The average Bonchev–Trinajstić information content (AvgIpc) is 3.68. The number of furan rings is 1. The zero-order valence-corrected chi connectivity index (χ0v) is 30.8. The van der Waals surface area contributed by atoms with Crippen molar-refractivity contribution < 1.29 is 4.42 Å². The zero-order valence-electron chi connectivity index (χ0n) is 30.8. The van der Waals surface area contributed by atoms with Gasteiger partial charge in [-0.1, -0.05) is 188 Å². The first kappa shape index (κ1) is 32.7. The van der Waals surface area contributed by atoms with E-state index in [-0.39, 0.29) is 0 Å². The maximum absolute atomic E-state index is 6.32. The molecule has 0 radical (unpaired) electrons. The second kappa shape index (κ2) is 13.6. The molecule has 0 bridgehead atoms. The fourth-order valence-electron chi connectivity index (χ4n) is 8.07. The second-order valence-corrected chi connectivity index (χ2v) is 14.4. The first-order valence-corrected chi connectivity index (χ1v) is 19.2. The summed E-state index contributed by atoms with van der Waals surface area (Å²) >= 11 is 0. The summed E-state index contributed by atoms with van der Waals surface area (Å²) in [4.78, 5) is 15.0. The first-order chi connectivity index (χ1) is 28.2. The minimum Gasteiger partial charge on any atom is -0.455 e. The maximum atomic E-state index is 6.32. The van der Waals surface area contributed by atoms with Crippen molar-refractivity contribution in [2.45, 2.75) is 0 Å². The molecule has 4 heteroatoms. The normalized spacial score (nSPS) is 11.5. The SMILES string of the molecule is c1ccc(-c2nc(-c3ccc(-c4ccc(-c5cccc6c5oc5ccccc56)cc4)cc3)nc(-c3ccc(-c4cc5ccccc5c5ccccc45)cc3)n2)cc1. The molecule has 0 fully saturated rings. The third-order valence-electron chi connectivity index (χ3n) is 11.0. The van der Waals surface area contributed by atoms with Gasteiger partial charge in [0.25, 0.3) is 0 Å². The molecular weight excluding hydrogens is 695 g/mol. The summed E-state index contributed by atoms with van der Waals surface area (Å²) < 4.78 is 6.32. The fraction of sp³-hybridized carbons (Fsp3) is 0. The lowest BCUT2D eigenvalue weighted by Crippen LogP contribution is -2.00. The Hall–Kier alpha value is -7.69. The monoisotopic (exact) mass is 727 g/mol. The van der Waals surface area contributed by atoms with Crippen LogP contribution >= 0.6 is 0 Å². The lowest BCUT2D eigenvalue weighted by atomic mass is 9.93. The van der Waals surface area contributed by atoms with E-state index in [1.54, 1.807) is 0 Å². The molecule has 4 nitrogen and oxygen atoms in total. The summed E-state index contributed by atoms with van der Waals surface area (Å²) in [6, 6.07) is 69.9. The van der Waals surface area contributed by atoms with E-state index < -0.39 is 0 Å². The highest BCUT2D eigenvalue weighted by atomic mass is 16.3. The number of nitrogens with zero attached hydrogens (tertiary/aromatic N) is 3. The molecule has 2 aromatic heterocycles. The highest BCUT2D eigenvalue weighted by Gasteiger charge is 2.15. The van der Waals surface area contributed by atoms with E-state index in [4.69, 9.17) is 19.4 Å². The van der Waals surface area contributed by atoms with Gasteiger partial charge in [-0.25, -0.2) is 15.0 Å². The van der Waals surface area contributed by atoms with Crippen LogP contribution in [0.4, 0.5) is 0 Å². The molecule has 9 aromatic carbocycles. The van der Waals surface area contributed by atoms with Crippen LogP contribution in [-0.4, -0.2) is 15.0 Å². The molecule has 0 N–H and O–H groups in total. The summed E-state index contributed by atoms with van der Waals surface area (Å²) in [5, 5.41) is 7.24. The van der Waals surface area contributed by atoms with Crippen molar-refractivity contribution in [2.75, 3.05) is 0 Å². The highest BCUT2D eigenvalue weighted by Crippen LogP contribution is 2.38. The molecule has 0 atom stereocenters. The number of para-hydroxylation sites is 2. The quantitative estimate of drug-likeness (QED) is 0.160. The molecule has 11 rings (SSSR count). The Balaban J connectivity index is 0.925. The largest absolute Gasteiger partial charge is 0.455 e. The number of aromatic nitrogens is 3. The van der Waals surface area contributed by atoms with Gasteiger partial charge in [-0.3, -0.25) is 0 Å². The molecule has 0 saturated heterocycles. The summed E-state index contributed by atoms with van der Waals surface area (Å²) in [5.74, 6) is 1.90. The Labute approximate surface area is 329 Å². The van der Waals surface area contributed by atoms with Crippen molar-refractivity contribution in [2.24, 2.45) is 0 Å². The van der Waals surface area contributed by atoms with Crippen LogP contribution in [0.1, 0.15) is 0 Å². The Morgan fingerprint density at radius 2 is 0.737 bits per heavy atom. The summed E-state index contributed by atoms with van der Waals surface area (Å²) in [7, 11) is 0. The number of hydrogen-bond donors (Lipinski definition) is 0. The van der Waals surface area contributed by atoms with E-state index in [0.29, 0.717) is 17.5 Å². The van der Waals surface area contributed by atoms with E-state index >= 15 is 0 Å². The highest BCUT2D eigenvalue weighted by molar-refractivity contribution is 6.14. The molecule has 0 unspecified atom stereocenters. The van der Waals surface area contributed by atoms with Gasteiger partial charge in [0, 0.05) is 33.0 Å². The minimum atomic E-state index is 0.629. The van der Waals surface area contributed by atoms with Gasteiger partial charge >= 0.3 is 0 Å². The predicted molar refractivity (Wildman–Crippen MR) is 235 cm³/mol. The van der Waals surface area contributed by atoms with Gasteiger partial charge in [0.15, 0.2) is 17.5 Å². The van der Waals surface area contributed by atoms with Gasteiger partial charge in [-0.2, -0.15) is 0 Å². The molecule has 0 amide bonds. The number of rotatable bonds is 6. The molecule has 57 heavy (non-hydrogen) atoms. The van der Waals surface area contributed by atoms with Gasteiger partial charge in [0.2, 0.25) is 0 Å². The van der Waals surface area contributed by atoms with E-state index in [9.17, 15) is 0 Å². The smallest absolute Gasteiger partial charge is 0.164 e. The van der Waals surface area contributed by atoms with E-state index in [1.807, 2.05) is 42.5 Å². The van der Waals surface area contributed by atoms with Crippen LogP contribution < -0.4 is 0 Å². The van der Waals surface area contributed by atoms with Crippen molar-refractivity contribution in [1.29, 1.82) is 0 Å². The average molecular weight is 728 g/mol. The standard InChI is InChI=1S/C53H33N3O/c1-2-11-38(12-3-1)51-54-52(56-53(55-51)40-31-27-37(28-32-40)48-33-41-13-4-5-14-42(41)44-15-6-7-16-45(44)48)39-29-23-35(24-30-39)34-21-25-36(26-22-34)43-18-10-19-47-46-17-8-9-20-49(46)57-50(43)47/h1-33H. The van der Waals surface area contributed by atoms with Crippen molar-refractivity contribution >= 4 is 43.5 Å². The van der Waals surface area contributed by atoms with Crippen LogP contribution in [0.5, 0.6) is 0 Å². The fourth-order valence-corrected chi connectivity index (χ4v) is 8.07. The second-order valence-electron chi connectivity index (χ2n) is 14.4. The maximum Gasteiger partial charge on any atom is 0.164 e. The van der Waals surface area contributed by atoms with Crippen molar-refractivity contribution in [3.8, 4) is 67.5 Å². The van der Waals surface area contributed by atoms with Crippen molar-refractivity contribution in [3.05, 3.63) is 200 Å². The molecule has 2 heterocycles. The van der Waals surface area contributed by atoms with Crippen LogP contribution in [0.15, 0.2) is 205 Å². The first-order valence-electron chi connectivity index (χ1n) is 19.2. The lowest BCUT2D eigenvalue weighted by molar-refractivity contribution is 0.670. The van der Waals surface area contributed by atoms with Gasteiger partial charge in [-0.15, -0.1) is 0 Å². The molecular formula is C53H33N3O. The van der Waals surface area contributed by atoms with Crippen LogP contribution in [0.2, 0.25) is 0 Å². The molecule has 0 aliphatic carbocycles. The van der Waals surface area contributed by atoms with Gasteiger partial charge in [0.1, 0.15) is 11.2 Å². The summed E-state index contributed by atoms with van der Waals surface area (Å²) in [5.41, 5.74) is 11.4. The molecule has 266 valence electrons. The van der Waals surface area contributed by atoms with Crippen LogP contribution in [0, 0.1) is 0 Å². The van der Waals surface area contributed by atoms with Gasteiger partial charge in [0.05, 0.1) is 0 Å². The molecule has 11 aromatic rings. The summed E-state index contributed by atoms with van der Waals surface area (Å²) in [6.07, 6.45) is 0. The van der Waals surface area contributed by atoms with Crippen molar-refractivity contribution in [1.82, 2.24) is 15.0 Å². The predicted octanol–water partition coefficient (Wildman–Crippen LogP) is 14.1. The third kappa shape index (κ3) is 5.83. The zero-order chi connectivity index (χ0) is 37.7. The topological polar surface area (TPSA) is 51.8 Å². The van der Waals surface area contributed by atoms with E-state index in [2.05, 4.69) is 158 Å². The Morgan fingerprint density at radius 1 is 0.281 bits per heavy atom. The van der Waals surface area contributed by atoms with Gasteiger partial charge in [-0.05, 0) is 61.5 Å². The Kier molecular flexibility index (Phi) is 7.78. The summed E-state index contributed by atoms with van der Waals surface area (Å²) in [6.45, 7) is 0. The van der Waals surface area contributed by atoms with E-state index in [1.165, 1.54) is 27.1 Å². The van der Waals surface area contributed by atoms with Gasteiger partial charge < -0.3 is 4.42 Å². The van der Waals surface area contributed by atoms with Crippen molar-refractivity contribution in [3.63, 3.8) is 0 Å². The molecule has 0 aliphatic heterocycles. The number of hydrogen-bond acceptors (Lipinski definition) is 4. The molecule has 0 aliphatic rings. The number of fused-ring (bicyclic) bond motifs is 6.